The summed E-state index contributed by atoms with van der Waals surface area (Å²) in [5.41, 5.74) is -0.476. The SMILES string of the molecule is CC(C)(C)OC(=O)N1CC[C@@H]2C(=O)OC[C@H]2C1. The zero-order valence-electron chi connectivity index (χ0n) is 10.6. The lowest BCUT2D eigenvalue weighted by Crippen LogP contribution is -2.46. The first-order chi connectivity index (χ1) is 7.87. The van der Waals surface area contributed by atoms with Crippen molar-refractivity contribution in [2.24, 2.45) is 11.8 Å². The number of rotatable bonds is 0. The van der Waals surface area contributed by atoms with Crippen LogP contribution in [0.2, 0.25) is 0 Å². The largest absolute Gasteiger partial charge is 0.465 e. The van der Waals surface area contributed by atoms with Crippen LogP contribution in [0.3, 0.4) is 0 Å². The molecule has 2 atom stereocenters. The molecule has 0 N–H and O–H groups in total. The summed E-state index contributed by atoms with van der Waals surface area (Å²) in [6.07, 6.45) is 0.387. The van der Waals surface area contributed by atoms with Gasteiger partial charge in [-0.15, -0.1) is 0 Å². The van der Waals surface area contributed by atoms with Gasteiger partial charge in [-0.25, -0.2) is 4.79 Å². The Kier molecular flexibility index (Phi) is 3.02. The van der Waals surface area contributed by atoms with E-state index in [4.69, 9.17) is 9.47 Å². The zero-order valence-corrected chi connectivity index (χ0v) is 10.6. The third-order valence-corrected chi connectivity index (χ3v) is 3.13. The van der Waals surface area contributed by atoms with Crippen LogP contribution in [0, 0.1) is 11.8 Å². The minimum Gasteiger partial charge on any atom is -0.465 e. The molecule has 2 heterocycles. The lowest BCUT2D eigenvalue weighted by atomic mass is 9.88. The van der Waals surface area contributed by atoms with E-state index in [2.05, 4.69) is 0 Å². The molecule has 0 radical (unpaired) electrons. The topological polar surface area (TPSA) is 55.8 Å². The fourth-order valence-electron chi connectivity index (χ4n) is 2.30. The summed E-state index contributed by atoms with van der Waals surface area (Å²) < 4.78 is 10.3. The van der Waals surface area contributed by atoms with Gasteiger partial charge in [0.15, 0.2) is 0 Å². The van der Waals surface area contributed by atoms with Crippen LogP contribution in [-0.4, -0.2) is 42.3 Å². The molecular formula is C12H19NO4. The molecule has 2 fully saturated rings. The van der Waals surface area contributed by atoms with Crippen molar-refractivity contribution in [3.63, 3.8) is 0 Å². The predicted octanol–water partition coefficient (Wildman–Crippen LogP) is 1.42. The lowest BCUT2D eigenvalue weighted by Gasteiger charge is -2.33. The molecule has 0 bridgehead atoms. The molecule has 2 aliphatic rings. The Hall–Kier alpha value is -1.26. The van der Waals surface area contributed by atoms with Crippen LogP contribution in [0.5, 0.6) is 0 Å². The smallest absolute Gasteiger partial charge is 0.410 e. The Morgan fingerprint density at radius 1 is 1.47 bits per heavy atom. The molecule has 1 amide bonds. The van der Waals surface area contributed by atoms with Crippen molar-refractivity contribution >= 4 is 12.1 Å². The molecule has 0 unspecified atom stereocenters. The highest BCUT2D eigenvalue weighted by Gasteiger charge is 2.42. The van der Waals surface area contributed by atoms with Gasteiger partial charge in [0, 0.05) is 19.0 Å². The molecule has 0 aromatic carbocycles. The summed E-state index contributed by atoms with van der Waals surface area (Å²) in [6, 6.07) is 0. The third-order valence-electron chi connectivity index (χ3n) is 3.13. The first-order valence-corrected chi connectivity index (χ1v) is 6.01. The number of esters is 1. The standard InChI is InChI=1S/C12H19NO4/c1-12(2,3)17-11(15)13-5-4-9-8(6-13)7-16-10(9)14/h8-9H,4-7H2,1-3H3/t8-,9+/m1/s1. The minimum absolute atomic E-state index is 0.0197. The van der Waals surface area contributed by atoms with E-state index in [0.29, 0.717) is 26.1 Å². The number of nitrogens with zero attached hydrogens (tertiary/aromatic N) is 1. The predicted molar refractivity (Wildman–Crippen MR) is 60.4 cm³/mol. The van der Waals surface area contributed by atoms with Crippen LogP contribution in [-0.2, 0) is 14.3 Å². The van der Waals surface area contributed by atoms with E-state index in [0.717, 1.165) is 0 Å². The summed E-state index contributed by atoms with van der Waals surface area (Å²) in [5, 5.41) is 0. The summed E-state index contributed by atoms with van der Waals surface area (Å²) in [7, 11) is 0. The number of hydrogen-bond donors (Lipinski definition) is 0. The zero-order chi connectivity index (χ0) is 12.6. The van der Waals surface area contributed by atoms with E-state index in [1.807, 2.05) is 20.8 Å². The number of carbonyl (C=O) groups excluding carboxylic acids is 2. The van der Waals surface area contributed by atoms with Gasteiger partial charge in [-0.1, -0.05) is 0 Å². The van der Waals surface area contributed by atoms with Crippen LogP contribution in [0.15, 0.2) is 0 Å². The van der Waals surface area contributed by atoms with Crippen molar-refractivity contribution < 1.29 is 19.1 Å². The van der Waals surface area contributed by atoms with Crippen LogP contribution < -0.4 is 0 Å². The van der Waals surface area contributed by atoms with Gasteiger partial charge in [0.2, 0.25) is 0 Å². The molecule has 0 aromatic heterocycles. The average Bonchev–Trinajstić information content (AvgIpc) is 2.57. The third kappa shape index (κ3) is 2.70. The number of hydrogen-bond acceptors (Lipinski definition) is 4. The van der Waals surface area contributed by atoms with Crippen LogP contribution in [0.25, 0.3) is 0 Å². The van der Waals surface area contributed by atoms with Crippen LogP contribution in [0.4, 0.5) is 4.79 Å². The summed E-state index contributed by atoms with van der Waals surface area (Å²) >= 11 is 0. The summed E-state index contributed by atoms with van der Waals surface area (Å²) in [4.78, 5) is 24.9. The molecule has 5 nitrogen and oxygen atoms in total. The molecule has 2 rings (SSSR count). The van der Waals surface area contributed by atoms with E-state index >= 15 is 0 Å². The molecule has 2 aliphatic heterocycles. The van der Waals surface area contributed by atoms with Crippen molar-refractivity contribution in [1.29, 1.82) is 0 Å². The average molecular weight is 241 g/mol. The first-order valence-electron chi connectivity index (χ1n) is 6.01. The van der Waals surface area contributed by atoms with Crippen molar-refractivity contribution in [3.05, 3.63) is 0 Å². The van der Waals surface area contributed by atoms with Gasteiger partial charge in [0.05, 0.1) is 12.5 Å². The van der Waals surface area contributed by atoms with Gasteiger partial charge in [0.25, 0.3) is 0 Å². The Labute approximate surface area is 101 Å². The Bertz CT molecular complexity index is 334. The van der Waals surface area contributed by atoms with Gasteiger partial charge in [-0.3, -0.25) is 4.79 Å². The Morgan fingerprint density at radius 2 is 2.18 bits per heavy atom. The number of ether oxygens (including phenoxy) is 2. The van der Waals surface area contributed by atoms with E-state index in [1.54, 1.807) is 4.90 Å². The van der Waals surface area contributed by atoms with Gasteiger partial charge < -0.3 is 14.4 Å². The van der Waals surface area contributed by atoms with Crippen LogP contribution >= 0.6 is 0 Å². The molecular weight excluding hydrogens is 222 g/mol. The fourth-order valence-corrected chi connectivity index (χ4v) is 2.30. The highest BCUT2D eigenvalue weighted by Crippen LogP contribution is 2.30. The summed E-state index contributed by atoms with van der Waals surface area (Å²) in [6.45, 7) is 7.11. The molecule has 2 saturated heterocycles. The van der Waals surface area contributed by atoms with E-state index in [9.17, 15) is 9.59 Å². The molecule has 96 valence electrons. The second-order valence-corrected chi connectivity index (χ2v) is 5.71. The maximum atomic E-state index is 11.9. The van der Waals surface area contributed by atoms with Gasteiger partial charge in [-0.2, -0.15) is 0 Å². The maximum Gasteiger partial charge on any atom is 0.410 e. The minimum atomic E-state index is -0.476. The van der Waals surface area contributed by atoms with E-state index < -0.39 is 5.60 Å². The van der Waals surface area contributed by atoms with Gasteiger partial charge in [-0.05, 0) is 27.2 Å². The van der Waals surface area contributed by atoms with Crippen molar-refractivity contribution in [3.8, 4) is 0 Å². The molecule has 0 spiro atoms. The second-order valence-electron chi connectivity index (χ2n) is 5.71. The van der Waals surface area contributed by atoms with Gasteiger partial charge in [0.1, 0.15) is 5.60 Å². The number of amides is 1. The second kappa shape index (κ2) is 4.20. The Morgan fingerprint density at radius 3 is 2.82 bits per heavy atom. The normalized spacial score (nSPS) is 28.6. The Balaban J connectivity index is 1.93. The van der Waals surface area contributed by atoms with Gasteiger partial charge >= 0.3 is 12.1 Å². The first kappa shape index (κ1) is 12.2. The van der Waals surface area contributed by atoms with Crippen LogP contribution in [0.1, 0.15) is 27.2 Å². The van der Waals surface area contributed by atoms with Crippen molar-refractivity contribution in [2.75, 3.05) is 19.7 Å². The summed E-state index contributed by atoms with van der Waals surface area (Å²) in [5.74, 6) is 0.0105. The number of cyclic esters (lactones) is 1. The fraction of sp³-hybridized carbons (Fsp3) is 0.833. The number of likely N-dealkylation sites (tertiary alicyclic amines) is 1. The highest BCUT2D eigenvalue weighted by atomic mass is 16.6. The van der Waals surface area contributed by atoms with Crippen molar-refractivity contribution in [2.45, 2.75) is 32.8 Å². The maximum absolute atomic E-state index is 11.9. The van der Waals surface area contributed by atoms with E-state index in [-0.39, 0.29) is 23.9 Å². The number of piperidine rings is 1. The monoisotopic (exact) mass is 241 g/mol. The molecule has 5 heteroatoms. The molecule has 0 aromatic rings. The lowest BCUT2D eigenvalue weighted by molar-refractivity contribution is -0.141. The highest BCUT2D eigenvalue weighted by molar-refractivity contribution is 5.76. The van der Waals surface area contributed by atoms with E-state index in [1.165, 1.54) is 0 Å². The molecule has 0 saturated carbocycles. The quantitative estimate of drug-likeness (QED) is 0.602. The number of fused-ring (bicyclic) bond motifs is 1. The molecule has 17 heavy (non-hydrogen) atoms. The number of carbonyl (C=O) groups is 2. The van der Waals surface area contributed by atoms with Crippen molar-refractivity contribution in [1.82, 2.24) is 4.90 Å². The molecule has 0 aliphatic carbocycles.